The van der Waals surface area contributed by atoms with Crippen LogP contribution >= 0.6 is 0 Å². The van der Waals surface area contributed by atoms with Crippen molar-refractivity contribution in [1.29, 1.82) is 0 Å². The summed E-state index contributed by atoms with van der Waals surface area (Å²) < 4.78 is 0. The SMILES string of the molecule is O=C(NC1CC1)C1Cc2ccccc2C1. The Balaban J connectivity index is 1.69. The van der Waals surface area contributed by atoms with Crippen LogP contribution in [0.1, 0.15) is 24.0 Å². The van der Waals surface area contributed by atoms with E-state index in [0.717, 1.165) is 12.8 Å². The molecular formula is C13H15NO. The number of fused-ring (bicyclic) bond motifs is 1. The van der Waals surface area contributed by atoms with Gasteiger partial charge >= 0.3 is 0 Å². The van der Waals surface area contributed by atoms with Crippen molar-refractivity contribution in [1.82, 2.24) is 5.32 Å². The molecule has 2 aliphatic carbocycles. The molecule has 0 aliphatic heterocycles. The summed E-state index contributed by atoms with van der Waals surface area (Å²) in [7, 11) is 0. The molecule has 0 saturated heterocycles. The Morgan fingerprint density at radius 2 is 1.73 bits per heavy atom. The maximum Gasteiger partial charge on any atom is 0.223 e. The second-order valence-electron chi connectivity index (χ2n) is 4.66. The third-order valence-corrected chi connectivity index (χ3v) is 3.35. The van der Waals surface area contributed by atoms with Gasteiger partial charge in [-0.3, -0.25) is 4.79 Å². The lowest BCUT2D eigenvalue weighted by Crippen LogP contribution is -2.32. The Morgan fingerprint density at radius 1 is 1.13 bits per heavy atom. The molecule has 1 aromatic carbocycles. The maximum absolute atomic E-state index is 11.9. The predicted octanol–water partition coefficient (Wildman–Crippen LogP) is 1.68. The highest BCUT2D eigenvalue weighted by atomic mass is 16.2. The standard InChI is InChI=1S/C13H15NO/c15-13(14-12-5-6-12)11-7-9-3-1-2-4-10(9)8-11/h1-4,11-12H,5-8H2,(H,14,15). The Labute approximate surface area is 89.7 Å². The van der Waals surface area contributed by atoms with E-state index in [1.165, 1.54) is 24.0 Å². The van der Waals surface area contributed by atoms with Crippen molar-refractivity contribution >= 4 is 5.91 Å². The molecule has 15 heavy (non-hydrogen) atoms. The number of carbonyl (C=O) groups excluding carboxylic acids is 1. The van der Waals surface area contributed by atoms with Crippen LogP contribution in [0.3, 0.4) is 0 Å². The fourth-order valence-electron chi connectivity index (χ4n) is 2.29. The Bertz CT molecular complexity index is 370. The third-order valence-electron chi connectivity index (χ3n) is 3.35. The molecule has 2 aliphatic rings. The van der Waals surface area contributed by atoms with Crippen molar-refractivity contribution < 1.29 is 4.79 Å². The number of amides is 1. The highest BCUT2D eigenvalue weighted by molar-refractivity contribution is 5.80. The average Bonchev–Trinajstić information content (AvgIpc) is 2.95. The van der Waals surface area contributed by atoms with Crippen LogP contribution < -0.4 is 5.32 Å². The van der Waals surface area contributed by atoms with Crippen molar-refractivity contribution in [3.63, 3.8) is 0 Å². The van der Waals surface area contributed by atoms with E-state index in [1.807, 2.05) is 0 Å². The molecule has 1 amide bonds. The van der Waals surface area contributed by atoms with E-state index in [2.05, 4.69) is 29.6 Å². The van der Waals surface area contributed by atoms with Crippen LogP contribution in [-0.2, 0) is 17.6 Å². The fourth-order valence-corrected chi connectivity index (χ4v) is 2.29. The molecule has 0 unspecified atom stereocenters. The van der Waals surface area contributed by atoms with Crippen molar-refractivity contribution in [2.45, 2.75) is 31.7 Å². The summed E-state index contributed by atoms with van der Waals surface area (Å²) in [5.41, 5.74) is 2.71. The molecule has 0 heterocycles. The lowest BCUT2D eigenvalue weighted by atomic mass is 10.1. The second-order valence-corrected chi connectivity index (χ2v) is 4.66. The maximum atomic E-state index is 11.9. The van der Waals surface area contributed by atoms with Crippen molar-refractivity contribution in [3.05, 3.63) is 35.4 Å². The van der Waals surface area contributed by atoms with Crippen LogP contribution in [0, 0.1) is 5.92 Å². The third kappa shape index (κ3) is 1.76. The van der Waals surface area contributed by atoms with Gasteiger partial charge in [-0.25, -0.2) is 0 Å². The molecule has 2 heteroatoms. The predicted molar refractivity (Wildman–Crippen MR) is 58.5 cm³/mol. The van der Waals surface area contributed by atoms with E-state index in [1.54, 1.807) is 0 Å². The Kier molecular flexibility index (Phi) is 2.01. The van der Waals surface area contributed by atoms with E-state index in [4.69, 9.17) is 0 Å². The van der Waals surface area contributed by atoms with Gasteiger partial charge in [0.15, 0.2) is 0 Å². The minimum atomic E-state index is 0.183. The molecule has 0 bridgehead atoms. The summed E-state index contributed by atoms with van der Waals surface area (Å²) in [6.45, 7) is 0. The zero-order valence-electron chi connectivity index (χ0n) is 8.70. The zero-order valence-corrected chi connectivity index (χ0v) is 8.70. The van der Waals surface area contributed by atoms with Gasteiger partial charge in [-0.05, 0) is 36.8 Å². The second kappa shape index (κ2) is 3.37. The van der Waals surface area contributed by atoms with Crippen LogP contribution in [0.25, 0.3) is 0 Å². The van der Waals surface area contributed by atoms with E-state index < -0.39 is 0 Å². The number of carbonyl (C=O) groups is 1. The van der Waals surface area contributed by atoms with Gasteiger partial charge in [-0.15, -0.1) is 0 Å². The van der Waals surface area contributed by atoms with Gasteiger partial charge in [-0.2, -0.15) is 0 Å². The van der Waals surface area contributed by atoms with E-state index >= 15 is 0 Å². The van der Waals surface area contributed by atoms with Crippen LogP contribution in [0.15, 0.2) is 24.3 Å². The molecular weight excluding hydrogens is 186 g/mol. The summed E-state index contributed by atoms with van der Waals surface area (Å²) in [6, 6.07) is 8.88. The summed E-state index contributed by atoms with van der Waals surface area (Å²) in [5, 5.41) is 3.09. The molecule has 1 aromatic rings. The smallest absolute Gasteiger partial charge is 0.223 e. The number of hydrogen-bond acceptors (Lipinski definition) is 1. The Morgan fingerprint density at radius 3 is 2.27 bits per heavy atom. The molecule has 3 rings (SSSR count). The number of rotatable bonds is 2. The minimum Gasteiger partial charge on any atom is -0.353 e. The molecule has 1 saturated carbocycles. The summed E-state index contributed by atoms with van der Waals surface area (Å²) in [5.74, 6) is 0.441. The van der Waals surface area contributed by atoms with Crippen molar-refractivity contribution in [2.75, 3.05) is 0 Å². The van der Waals surface area contributed by atoms with Gasteiger partial charge < -0.3 is 5.32 Å². The lowest BCUT2D eigenvalue weighted by molar-refractivity contribution is -0.124. The number of nitrogens with one attached hydrogen (secondary N) is 1. The first-order valence-electron chi connectivity index (χ1n) is 5.70. The average molecular weight is 201 g/mol. The van der Waals surface area contributed by atoms with Crippen LogP contribution in [0.5, 0.6) is 0 Å². The molecule has 0 spiro atoms. The summed E-state index contributed by atoms with van der Waals surface area (Å²) in [4.78, 5) is 11.9. The Hall–Kier alpha value is -1.31. The van der Waals surface area contributed by atoms with Gasteiger partial charge in [-0.1, -0.05) is 24.3 Å². The molecule has 2 nitrogen and oxygen atoms in total. The monoisotopic (exact) mass is 201 g/mol. The first kappa shape index (κ1) is 8.96. The largest absolute Gasteiger partial charge is 0.353 e. The molecule has 0 atom stereocenters. The van der Waals surface area contributed by atoms with Gasteiger partial charge in [0.2, 0.25) is 5.91 Å². The molecule has 1 N–H and O–H groups in total. The first-order chi connectivity index (χ1) is 7.33. The summed E-state index contributed by atoms with van der Waals surface area (Å²) in [6.07, 6.45) is 4.19. The molecule has 78 valence electrons. The molecule has 1 fully saturated rings. The normalized spacial score (nSPS) is 20.0. The van der Waals surface area contributed by atoms with E-state index in [-0.39, 0.29) is 11.8 Å². The van der Waals surface area contributed by atoms with Crippen LogP contribution in [0.4, 0.5) is 0 Å². The number of hydrogen-bond donors (Lipinski definition) is 1. The quantitative estimate of drug-likeness (QED) is 0.775. The van der Waals surface area contributed by atoms with E-state index in [0.29, 0.717) is 6.04 Å². The van der Waals surface area contributed by atoms with Crippen LogP contribution in [0.2, 0.25) is 0 Å². The van der Waals surface area contributed by atoms with Crippen molar-refractivity contribution in [3.8, 4) is 0 Å². The molecule has 0 radical (unpaired) electrons. The highest BCUT2D eigenvalue weighted by Crippen LogP contribution is 2.27. The fraction of sp³-hybridized carbons (Fsp3) is 0.462. The highest BCUT2D eigenvalue weighted by Gasteiger charge is 2.31. The van der Waals surface area contributed by atoms with E-state index in [9.17, 15) is 4.79 Å². The molecule has 0 aromatic heterocycles. The zero-order chi connectivity index (χ0) is 10.3. The van der Waals surface area contributed by atoms with Gasteiger partial charge in [0, 0.05) is 12.0 Å². The van der Waals surface area contributed by atoms with Gasteiger partial charge in [0.05, 0.1) is 0 Å². The first-order valence-corrected chi connectivity index (χ1v) is 5.70. The van der Waals surface area contributed by atoms with Crippen molar-refractivity contribution in [2.24, 2.45) is 5.92 Å². The summed E-state index contributed by atoms with van der Waals surface area (Å²) >= 11 is 0. The minimum absolute atomic E-state index is 0.183. The lowest BCUT2D eigenvalue weighted by Gasteiger charge is -2.08. The van der Waals surface area contributed by atoms with Gasteiger partial charge in [0.1, 0.15) is 0 Å². The number of benzene rings is 1. The topological polar surface area (TPSA) is 29.1 Å². The van der Waals surface area contributed by atoms with Crippen LogP contribution in [-0.4, -0.2) is 11.9 Å². The van der Waals surface area contributed by atoms with Gasteiger partial charge in [0.25, 0.3) is 0 Å².